The van der Waals surface area contributed by atoms with Gasteiger partial charge in [0.05, 0.1) is 5.56 Å². The van der Waals surface area contributed by atoms with Gasteiger partial charge in [0.25, 0.3) is 0 Å². The summed E-state index contributed by atoms with van der Waals surface area (Å²) in [5, 5.41) is 9.68. The molecule has 3 nitrogen and oxygen atoms in total. The van der Waals surface area contributed by atoms with Crippen molar-refractivity contribution in [3.63, 3.8) is 0 Å². The molecule has 0 radical (unpaired) electrons. The third-order valence-electron chi connectivity index (χ3n) is 3.41. The summed E-state index contributed by atoms with van der Waals surface area (Å²) in [6.07, 6.45) is -1.07. The number of halogens is 2. The number of aliphatic hydroxyl groups excluding tert-OH is 1. The Labute approximate surface area is 124 Å². The van der Waals surface area contributed by atoms with Crippen LogP contribution < -0.4 is 5.43 Å². The molecular formula is C17H12F2O3. The van der Waals surface area contributed by atoms with Gasteiger partial charge in [-0.25, -0.2) is 8.78 Å². The molecule has 0 unspecified atom stereocenters. The first-order chi connectivity index (χ1) is 10.5. The lowest BCUT2D eigenvalue weighted by Crippen LogP contribution is -2.12. The van der Waals surface area contributed by atoms with E-state index in [2.05, 4.69) is 0 Å². The van der Waals surface area contributed by atoms with E-state index in [1.165, 1.54) is 43.3 Å². The number of rotatable bonds is 2. The Hall–Kier alpha value is -2.53. The Morgan fingerprint density at radius 2 is 1.77 bits per heavy atom. The molecule has 0 aliphatic heterocycles. The molecule has 0 bridgehead atoms. The second-order valence-corrected chi connectivity index (χ2v) is 4.97. The average molecular weight is 302 g/mol. The number of fused-ring (bicyclic) bond motifs is 1. The van der Waals surface area contributed by atoms with Crippen molar-refractivity contribution < 1.29 is 18.3 Å². The molecule has 5 heteroatoms. The molecule has 1 aromatic heterocycles. The Bertz CT molecular complexity index is 896. The average Bonchev–Trinajstić information content (AvgIpc) is 2.48. The number of benzene rings is 2. The highest BCUT2D eigenvalue weighted by Crippen LogP contribution is 2.29. The van der Waals surface area contributed by atoms with Crippen LogP contribution in [0.15, 0.2) is 51.7 Å². The Kier molecular flexibility index (Phi) is 3.50. The van der Waals surface area contributed by atoms with E-state index < -0.39 is 23.2 Å². The lowest BCUT2D eigenvalue weighted by Gasteiger charge is -2.12. The van der Waals surface area contributed by atoms with Crippen molar-refractivity contribution in [3.05, 3.63) is 70.1 Å². The molecule has 2 aromatic carbocycles. The molecule has 0 saturated carbocycles. The van der Waals surface area contributed by atoms with Gasteiger partial charge in [0, 0.05) is 0 Å². The second kappa shape index (κ2) is 5.35. The Morgan fingerprint density at radius 3 is 2.41 bits per heavy atom. The lowest BCUT2D eigenvalue weighted by molar-refractivity contribution is 0.171. The Balaban J connectivity index is 2.43. The van der Waals surface area contributed by atoms with Crippen LogP contribution in [0.25, 0.3) is 22.1 Å². The van der Waals surface area contributed by atoms with Crippen molar-refractivity contribution in [2.24, 2.45) is 0 Å². The summed E-state index contributed by atoms with van der Waals surface area (Å²) in [6.45, 7) is 1.44. The van der Waals surface area contributed by atoms with Crippen LogP contribution in [0.5, 0.6) is 0 Å². The van der Waals surface area contributed by atoms with Crippen molar-refractivity contribution in [2.75, 3.05) is 0 Å². The standard InChI is InChI=1S/C17H12F2O3/c1-9(20)17-14(10-5-7-11(18)8-6-10)16(21)15-12(19)3-2-4-13(15)22-17/h2-9,20H,1H3/t9-/m0/s1. The van der Waals surface area contributed by atoms with Crippen LogP contribution in [-0.2, 0) is 0 Å². The molecule has 3 aromatic rings. The molecule has 0 aliphatic carbocycles. The van der Waals surface area contributed by atoms with E-state index in [4.69, 9.17) is 4.42 Å². The first-order valence-electron chi connectivity index (χ1n) is 6.68. The summed E-state index contributed by atoms with van der Waals surface area (Å²) in [5.41, 5.74) is -0.141. The molecule has 1 N–H and O–H groups in total. The van der Waals surface area contributed by atoms with Gasteiger partial charge >= 0.3 is 0 Å². The van der Waals surface area contributed by atoms with Crippen molar-refractivity contribution in [1.82, 2.24) is 0 Å². The molecule has 0 amide bonds. The zero-order chi connectivity index (χ0) is 15.9. The molecule has 22 heavy (non-hydrogen) atoms. The van der Waals surface area contributed by atoms with E-state index in [9.17, 15) is 18.7 Å². The summed E-state index contributed by atoms with van der Waals surface area (Å²) in [6, 6.07) is 9.19. The fourth-order valence-corrected chi connectivity index (χ4v) is 2.40. The zero-order valence-corrected chi connectivity index (χ0v) is 11.6. The molecule has 0 spiro atoms. The predicted molar refractivity (Wildman–Crippen MR) is 78.5 cm³/mol. The molecule has 1 atom stereocenters. The van der Waals surface area contributed by atoms with Gasteiger partial charge < -0.3 is 9.52 Å². The minimum absolute atomic E-state index is 0.0229. The van der Waals surface area contributed by atoms with Crippen molar-refractivity contribution in [2.45, 2.75) is 13.0 Å². The topological polar surface area (TPSA) is 50.4 Å². The number of aliphatic hydroxyl groups is 1. The van der Waals surface area contributed by atoms with E-state index in [-0.39, 0.29) is 22.3 Å². The molecule has 1 heterocycles. The van der Waals surface area contributed by atoms with Gasteiger partial charge in [0.1, 0.15) is 34.5 Å². The SMILES string of the molecule is C[C@H](O)c1oc2cccc(F)c2c(=O)c1-c1ccc(F)cc1. The Morgan fingerprint density at radius 1 is 1.09 bits per heavy atom. The van der Waals surface area contributed by atoms with Crippen LogP contribution in [0, 0.1) is 11.6 Å². The third-order valence-corrected chi connectivity index (χ3v) is 3.41. The van der Waals surface area contributed by atoms with Gasteiger partial charge in [-0.15, -0.1) is 0 Å². The fraction of sp³-hybridized carbons (Fsp3) is 0.118. The molecule has 112 valence electrons. The van der Waals surface area contributed by atoms with E-state index >= 15 is 0 Å². The molecular weight excluding hydrogens is 290 g/mol. The van der Waals surface area contributed by atoms with E-state index in [0.717, 1.165) is 6.07 Å². The van der Waals surface area contributed by atoms with Crippen molar-refractivity contribution in [3.8, 4) is 11.1 Å². The quantitative estimate of drug-likeness (QED) is 0.783. The van der Waals surface area contributed by atoms with Crippen LogP contribution in [0.2, 0.25) is 0 Å². The summed E-state index contributed by atoms with van der Waals surface area (Å²) in [5.74, 6) is -1.14. The van der Waals surface area contributed by atoms with Crippen LogP contribution in [-0.4, -0.2) is 5.11 Å². The maximum atomic E-state index is 14.0. The van der Waals surface area contributed by atoms with E-state index in [1.54, 1.807) is 0 Å². The predicted octanol–water partition coefficient (Wildman–Crippen LogP) is 3.79. The number of hydrogen-bond donors (Lipinski definition) is 1. The minimum atomic E-state index is -1.07. The van der Waals surface area contributed by atoms with Gasteiger partial charge in [-0.2, -0.15) is 0 Å². The summed E-state index contributed by atoms with van der Waals surface area (Å²) >= 11 is 0. The highest BCUT2D eigenvalue weighted by atomic mass is 19.1. The van der Waals surface area contributed by atoms with Crippen LogP contribution >= 0.6 is 0 Å². The van der Waals surface area contributed by atoms with E-state index in [0.29, 0.717) is 5.56 Å². The third kappa shape index (κ3) is 2.29. The van der Waals surface area contributed by atoms with Gasteiger partial charge in [-0.1, -0.05) is 18.2 Å². The molecule has 0 aliphatic rings. The highest BCUT2D eigenvalue weighted by molar-refractivity contribution is 5.83. The maximum Gasteiger partial charge on any atom is 0.203 e. The van der Waals surface area contributed by atoms with Gasteiger partial charge in [-0.05, 0) is 36.8 Å². The largest absolute Gasteiger partial charge is 0.457 e. The summed E-state index contributed by atoms with van der Waals surface area (Å²) in [4.78, 5) is 12.7. The van der Waals surface area contributed by atoms with Crippen molar-refractivity contribution in [1.29, 1.82) is 0 Å². The normalized spacial score (nSPS) is 12.5. The van der Waals surface area contributed by atoms with Crippen LogP contribution in [0.3, 0.4) is 0 Å². The lowest BCUT2D eigenvalue weighted by atomic mass is 10.00. The molecule has 3 rings (SSSR count). The maximum absolute atomic E-state index is 14.0. The van der Waals surface area contributed by atoms with Crippen molar-refractivity contribution >= 4 is 11.0 Å². The number of hydrogen-bond acceptors (Lipinski definition) is 3. The van der Waals surface area contributed by atoms with Gasteiger partial charge in [-0.3, -0.25) is 4.79 Å². The van der Waals surface area contributed by atoms with Crippen LogP contribution in [0.1, 0.15) is 18.8 Å². The smallest absolute Gasteiger partial charge is 0.203 e. The zero-order valence-electron chi connectivity index (χ0n) is 11.6. The molecule has 0 fully saturated rings. The van der Waals surface area contributed by atoms with E-state index in [1.807, 2.05) is 0 Å². The molecule has 0 saturated heterocycles. The first-order valence-corrected chi connectivity index (χ1v) is 6.68. The van der Waals surface area contributed by atoms with Gasteiger partial charge in [0.15, 0.2) is 0 Å². The first kappa shape index (κ1) is 14.4. The second-order valence-electron chi connectivity index (χ2n) is 4.97. The highest BCUT2D eigenvalue weighted by Gasteiger charge is 2.21. The fourth-order valence-electron chi connectivity index (χ4n) is 2.40. The minimum Gasteiger partial charge on any atom is -0.457 e. The summed E-state index contributed by atoms with van der Waals surface area (Å²) < 4.78 is 32.5. The van der Waals surface area contributed by atoms with Gasteiger partial charge in [0.2, 0.25) is 5.43 Å². The summed E-state index contributed by atoms with van der Waals surface area (Å²) in [7, 11) is 0. The monoisotopic (exact) mass is 302 g/mol. The van der Waals surface area contributed by atoms with Crippen LogP contribution in [0.4, 0.5) is 8.78 Å².